The Morgan fingerprint density at radius 2 is 2.05 bits per heavy atom. The molecule has 3 rings (SSSR count). The SMILES string of the molecule is C[C@@H](C(=O)N1CCN(c2cccc(Cl)c2)CC1)n1cncn1. The highest BCUT2D eigenvalue weighted by Gasteiger charge is 2.26. The molecule has 0 aliphatic carbocycles. The minimum absolute atomic E-state index is 0.0799. The van der Waals surface area contributed by atoms with Crippen LogP contribution in [0.4, 0.5) is 5.69 Å². The number of halogens is 1. The molecule has 0 spiro atoms. The number of carbonyl (C=O) groups excluding carboxylic acids is 1. The molecule has 0 radical (unpaired) electrons. The normalized spacial score (nSPS) is 16.6. The zero-order chi connectivity index (χ0) is 15.5. The largest absolute Gasteiger partial charge is 0.368 e. The van der Waals surface area contributed by atoms with E-state index in [1.54, 1.807) is 11.0 Å². The topological polar surface area (TPSA) is 54.3 Å². The molecule has 1 amide bonds. The first-order chi connectivity index (χ1) is 10.6. The maximum Gasteiger partial charge on any atom is 0.247 e. The van der Waals surface area contributed by atoms with Crippen LogP contribution in [0.5, 0.6) is 0 Å². The molecule has 116 valence electrons. The number of piperazine rings is 1. The quantitative estimate of drug-likeness (QED) is 0.866. The molecule has 1 aliphatic heterocycles. The summed E-state index contributed by atoms with van der Waals surface area (Å²) in [5.74, 6) is 0.0799. The average molecular weight is 320 g/mol. The van der Waals surface area contributed by atoms with Gasteiger partial charge >= 0.3 is 0 Å². The summed E-state index contributed by atoms with van der Waals surface area (Å²) in [6, 6.07) is 7.49. The van der Waals surface area contributed by atoms with Crippen LogP contribution < -0.4 is 4.90 Å². The molecule has 0 unspecified atom stereocenters. The van der Waals surface area contributed by atoms with Gasteiger partial charge in [0.15, 0.2) is 0 Å². The van der Waals surface area contributed by atoms with E-state index in [2.05, 4.69) is 15.0 Å². The first kappa shape index (κ1) is 14.8. The van der Waals surface area contributed by atoms with Crippen LogP contribution in [0.2, 0.25) is 5.02 Å². The lowest BCUT2D eigenvalue weighted by molar-refractivity contribution is -0.134. The standard InChI is InChI=1S/C15H18ClN5O/c1-12(21-11-17-10-18-21)15(22)20-7-5-19(6-8-20)14-4-2-3-13(16)9-14/h2-4,9-12H,5-8H2,1H3/t12-/m0/s1. The van der Waals surface area contributed by atoms with E-state index in [0.29, 0.717) is 13.1 Å². The van der Waals surface area contributed by atoms with Crippen LogP contribution in [-0.2, 0) is 4.79 Å². The fourth-order valence-electron chi connectivity index (χ4n) is 2.65. The number of amides is 1. The van der Waals surface area contributed by atoms with E-state index >= 15 is 0 Å². The average Bonchev–Trinajstić information content (AvgIpc) is 3.08. The van der Waals surface area contributed by atoms with Gasteiger partial charge in [0.25, 0.3) is 0 Å². The third kappa shape index (κ3) is 3.06. The number of hydrogen-bond donors (Lipinski definition) is 0. The Morgan fingerprint density at radius 1 is 1.27 bits per heavy atom. The van der Waals surface area contributed by atoms with Crippen molar-refractivity contribution in [1.82, 2.24) is 19.7 Å². The van der Waals surface area contributed by atoms with Crippen LogP contribution in [0.3, 0.4) is 0 Å². The Labute approximate surface area is 134 Å². The Kier molecular flexibility index (Phi) is 4.29. The van der Waals surface area contributed by atoms with Crippen molar-refractivity contribution in [3.8, 4) is 0 Å². The van der Waals surface area contributed by atoms with Gasteiger partial charge in [0.05, 0.1) is 0 Å². The van der Waals surface area contributed by atoms with E-state index in [-0.39, 0.29) is 11.9 Å². The summed E-state index contributed by atoms with van der Waals surface area (Å²) in [5, 5.41) is 4.77. The molecule has 0 saturated carbocycles. The van der Waals surface area contributed by atoms with Crippen molar-refractivity contribution in [3.05, 3.63) is 41.9 Å². The van der Waals surface area contributed by atoms with Gasteiger partial charge in [-0.15, -0.1) is 0 Å². The molecule has 0 N–H and O–H groups in total. The minimum atomic E-state index is -0.319. The van der Waals surface area contributed by atoms with Crippen LogP contribution in [0.1, 0.15) is 13.0 Å². The second kappa shape index (κ2) is 6.36. The van der Waals surface area contributed by atoms with Crippen molar-refractivity contribution < 1.29 is 4.79 Å². The monoisotopic (exact) mass is 319 g/mol. The number of aromatic nitrogens is 3. The Bertz CT molecular complexity index is 637. The molecular formula is C15H18ClN5O. The first-order valence-electron chi connectivity index (χ1n) is 7.28. The Hall–Kier alpha value is -2.08. The summed E-state index contributed by atoms with van der Waals surface area (Å²) in [4.78, 5) is 20.5. The van der Waals surface area contributed by atoms with Gasteiger partial charge in [-0.3, -0.25) is 4.79 Å². The second-order valence-corrected chi connectivity index (χ2v) is 5.78. The summed E-state index contributed by atoms with van der Waals surface area (Å²) < 4.78 is 1.59. The van der Waals surface area contributed by atoms with Gasteiger partial charge in [-0.2, -0.15) is 5.10 Å². The molecule has 7 heteroatoms. The maximum atomic E-state index is 12.5. The molecule has 6 nitrogen and oxygen atoms in total. The van der Waals surface area contributed by atoms with Crippen LogP contribution in [0, 0.1) is 0 Å². The summed E-state index contributed by atoms with van der Waals surface area (Å²) >= 11 is 6.03. The van der Waals surface area contributed by atoms with Crippen molar-refractivity contribution in [3.63, 3.8) is 0 Å². The molecule has 1 aromatic heterocycles. The summed E-state index contributed by atoms with van der Waals surface area (Å²) in [7, 11) is 0. The number of anilines is 1. The molecule has 1 saturated heterocycles. The van der Waals surface area contributed by atoms with Gasteiger partial charge in [0.2, 0.25) is 5.91 Å². The zero-order valence-corrected chi connectivity index (χ0v) is 13.1. The van der Waals surface area contributed by atoms with E-state index in [4.69, 9.17) is 11.6 Å². The number of benzene rings is 1. The van der Waals surface area contributed by atoms with Crippen molar-refractivity contribution in [1.29, 1.82) is 0 Å². The Balaban J connectivity index is 1.61. The van der Waals surface area contributed by atoms with Gasteiger partial charge in [0, 0.05) is 36.9 Å². The fourth-order valence-corrected chi connectivity index (χ4v) is 2.84. The van der Waals surface area contributed by atoms with Gasteiger partial charge in [-0.05, 0) is 25.1 Å². The van der Waals surface area contributed by atoms with Crippen LogP contribution >= 0.6 is 11.6 Å². The fraction of sp³-hybridized carbons (Fsp3) is 0.400. The number of hydrogen-bond acceptors (Lipinski definition) is 4. The lowest BCUT2D eigenvalue weighted by Gasteiger charge is -2.37. The molecule has 1 aromatic carbocycles. The highest BCUT2D eigenvalue weighted by Crippen LogP contribution is 2.21. The van der Waals surface area contributed by atoms with Crippen molar-refractivity contribution >= 4 is 23.2 Å². The smallest absolute Gasteiger partial charge is 0.247 e. The molecule has 1 fully saturated rings. The van der Waals surface area contributed by atoms with Gasteiger partial charge in [-0.1, -0.05) is 17.7 Å². The van der Waals surface area contributed by atoms with E-state index < -0.39 is 0 Å². The summed E-state index contributed by atoms with van der Waals surface area (Å²) in [6.45, 7) is 4.85. The highest BCUT2D eigenvalue weighted by atomic mass is 35.5. The highest BCUT2D eigenvalue weighted by molar-refractivity contribution is 6.30. The van der Waals surface area contributed by atoms with Gasteiger partial charge in [0.1, 0.15) is 18.7 Å². The van der Waals surface area contributed by atoms with Gasteiger partial charge in [-0.25, -0.2) is 9.67 Å². The minimum Gasteiger partial charge on any atom is -0.368 e. The van der Waals surface area contributed by atoms with Crippen LogP contribution in [0.15, 0.2) is 36.9 Å². The zero-order valence-electron chi connectivity index (χ0n) is 12.4. The van der Waals surface area contributed by atoms with Crippen LogP contribution in [-0.4, -0.2) is 51.8 Å². The van der Waals surface area contributed by atoms with E-state index in [1.165, 1.54) is 6.33 Å². The lowest BCUT2D eigenvalue weighted by atomic mass is 10.2. The molecule has 0 bridgehead atoms. The van der Waals surface area contributed by atoms with E-state index in [9.17, 15) is 4.79 Å². The predicted molar refractivity (Wildman–Crippen MR) is 85.0 cm³/mol. The van der Waals surface area contributed by atoms with Crippen molar-refractivity contribution in [2.75, 3.05) is 31.1 Å². The molecule has 22 heavy (non-hydrogen) atoms. The summed E-state index contributed by atoms with van der Waals surface area (Å²) in [6.07, 6.45) is 3.02. The molecule has 2 aromatic rings. The molecule has 2 heterocycles. The van der Waals surface area contributed by atoms with Crippen molar-refractivity contribution in [2.45, 2.75) is 13.0 Å². The predicted octanol–water partition coefficient (Wildman–Crippen LogP) is 1.84. The number of carbonyl (C=O) groups is 1. The molecular weight excluding hydrogens is 302 g/mol. The van der Waals surface area contributed by atoms with Crippen molar-refractivity contribution in [2.24, 2.45) is 0 Å². The van der Waals surface area contributed by atoms with E-state index in [0.717, 1.165) is 23.8 Å². The molecule has 1 atom stereocenters. The van der Waals surface area contributed by atoms with Gasteiger partial charge < -0.3 is 9.80 Å². The summed E-state index contributed by atoms with van der Waals surface area (Å²) in [5.41, 5.74) is 1.10. The molecule has 1 aliphatic rings. The number of rotatable bonds is 3. The lowest BCUT2D eigenvalue weighted by Crippen LogP contribution is -2.50. The second-order valence-electron chi connectivity index (χ2n) is 5.34. The first-order valence-corrected chi connectivity index (χ1v) is 7.66. The Morgan fingerprint density at radius 3 is 2.68 bits per heavy atom. The third-order valence-electron chi connectivity index (χ3n) is 3.96. The third-order valence-corrected chi connectivity index (χ3v) is 4.19. The maximum absolute atomic E-state index is 12.5. The van der Waals surface area contributed by atoms with Crippen LogP contribution in [0.25, 0.3) is 0 Å². The van der Waals surface area contributed by atoms with E-state index in [1.807, 2.05) is 36.1 Å². The number of nitrogens with zero attached hydrogens (tertiary/aromatic N) is 5.